The fraction of sp³-hybridized carbons (Fsp3) is 0.636. The van der Waals surface area contributed by atoms with Crippen LogP contribution in [0, 0.1) is 0 Å². The third-order valence-electron chi connectivity index (χ3n) is 1.89. The fourth-order valence-corrected chi connectivity index (χ4v) is 1.30. The maximum atomic E-state index is 5.25. The maximum absolute atomic E-state index is 5.25. The molecule has 1 aliphatic rings. The normalized spacial score (nSPS) is 17.6. The number of aliphatic imine (C=N–C) groups is 2. The number of ether oxygens (including phenoxy) is 1. The molecule has 1 rings (SSSR count). The minimum absolute atomic E-state index is 0.691. The van der Waals surface area contributed by atoms with Crippen LogP contribution in [0.5, 0.6) is 0 Å². The molecule has 0 aromatic heterocycles. The molecule has 0 bridgehead atoms. The Balaban J connectivity index is 2.82. The molecule has 78 valence electrons. The Hall–Kier alpha value is -0.960. The van der Waals surface area contributed by atoms with Crippen LogP contribution in [-0.4, -0.2) is 31.3 Å². The van der Waals surface area contributed by atoms with Crippen molar-refractivity contribution in [3.63, 3.8) is 0 Å². The molecule has 1 heterocycles. The lowest BCUT2D eigenvalue weighted by Crippen LogP contribution is -2.12. The van der Waals surface area contributed by atoms with Crippen molar-refractivity contribution in [1.29, 1.82) is 0 Å². The average molecular weight is 194 g/mol. The second-order valence-electron chi connectivity index (χ2n) is 3.41. The van der Waals surface area contributed by atoms with Crippen molar-refractivity contribution in [3.05, 3.63) is 11.6 Å². The summed E-state index contributed by atoms with van der Waals surface area (Å²) in [6, 6.07) is 0. The Morgan fingerprint density at radius 1 is 1.50 bits per heavy atom. The van der Waals surface area contributed by atoms with Crippen molar-refractivity contribution >= 4 is 11.5 Å². The molecule has 14 heavy (non-hydrogen) atoms. The van der Waals surface area contributed by atoms with E-state index in [0.29, 0.717) is 6.61 Å². The van der Waals surface area contributed by atoms with E-state index in [1.165, 1.54) is 5.57 Å². The molecule has 1 aliphatic heterocycles. The van der Waals surface area contributed by atoms with Crippen molar-refractivity contribution in [2.24, 2.45) is 9.98 Å². The molecule has 0 spiro atoms. The quantitative estimate of drug-likeness (QED) is 0.490. The summed E-state index contributed by atoms with van der Waals surface area (Å²) < 4.78 is 5.25. The third-order valence-corrected chi connectivity index (χ3v) is 1.89. The smallest absolute Gasteiger partial charge is 0.150 e. The first-order chi connectivity index (χ1) is 6.74. The molecule has 0 N–H and O–H groups in total. The highest BCUT2D eigenvalue weighted by Gasteiger charge is 2.09. The first-order valence-electron chi connectivity index (χ1n) is 5.07. The Morgan fingerprint density at radius 2 is 2.29 bits per heavy atom. The van der Waals surface area contributed by atoms with Crippen LogP contribution >= 0.6 is 0 Å². The van der Waals surface area contributed by atoms with Gasteiger partial charge in [0.05, 0.1) is 13.2 Å². The lowest BCUT2D eigenvalue weighted by molar-refractivity contribution is 0.156. The molecule has 0 aromatic rings. The molecule has 0 aliphatic carbocycles. The minimum atomic E-state index is 0.691. The molecule has 0 saturated heterocycles. The largest absolute Gasteiger partial charge is 0.377 e. The van der Waals surface area contributed by atoms with Gasteiger partial charge in [-0.15, -0.1) is 0 Å². The van der Waals surface area contributed by atoms with Crippen LogP contribution in [0.1, 0.15) is 27.2 Å². The summed E-state index contributed by atoms with van der Waals surface area (Å²) in [5.74, 6) is 0.885. The van der Waals surface area contributed by atoms with Crippen molar-refractivity contribution in [1.82, 2.24) is 0 Å². The van der Waals surface area contributed by atoms with E-state index in [2.05, 4.69) is 16.1 Å². The second kappa shape index (κ2) is 5.70. The van der Waals surface area contributed by atoms with E-state index < -0.39 is 0 Å². The summed E-state index contributed by atoms with van der Waals surface area (Å²) >= 11 is 0. The van der Waals surface area contributed by atoms with Crippen molar-refractivity contribution in [2.45, 2.75) is 27.2 Å². The van der Waals surface area contributed by atoms with Gasteiger partial charge in [0, 0.05) is 12.3 Å². The van der Waals surface area contributed by atoms with Crippen LogP contribution < -0.4 is 0 Å². The Bertz CT molecular complexity index is 273. The second-order valence-corrected chi connectivity index (χ2v) is 3.41. The van der Waals surface area contributed by atoms with E-state index in [4.69, 9.17) is 4.74 Å². The van der Waals surface area contributed by atoms with Crippen molar-refractivity contribution in [2.75, 3.05) is 19.8 Å². The Morgan fingerprint density at radius 3 is 2.79 bits per heavy atom. The molecule has 0 saturated carbocycles. The monoisotopic (exact) mass is 194 g/mol. The summed E-state index contributed by atoms with van der Waals surface area (Å²) in [4.78, 5) is 8.83. The molecule has 0 aromatic carbocycles. The number of hydrogen-bond acceptors (Lipinski definition) is 2. The summed E-state index contributed by atoms with van der Waals surface area (Å²) in [5.41, 5.74) is 2.27. The summed E-state index contributed by atoms with van der Waals surface area (Å²) in [7, 11) is 0. The van der Waals surface area contributed by atoms with Gasteiger partial charge in [-0.3, -0.25) is 4.99 Å². The molecular weight excluding hydrogens is 176 g/mol. The van der Waals surface area contributed by atoms with Crippen LogP contribution in [0.2, 0.25) is 0 Å². The van der Waals surface area contributed by atoms with Gasteiger partial charge in [-0.25, -0.2) is 4.99 Å². The van der Waals surface area contributed by atoms with Gasteiger partial charge in [-0.1, -0.05) is 6.08 Å². The van der Waals surface area contributed by atoms with E-state index in [0.717, 1.165) is 31.1 Å². The van der Waals surface area contributed by atoms with Gasteiger partial charge in [0.1, 0.15) is 5.84 Å². The van der Waals surface area contributed by atoms with E-state index in [1.807, 2.05) is 20.8 Å². The molecule has 3 heteroatoms. The first kappa shape index (κ1) is 11.1. The van der Waals surface area contributed by atoms with Crippen LogP contribution in [0.25, 0.3) is 0 Å². The van der Waals surface area contributed by atoms with Gasteiger partial charge >= 0.3 is 0 Å². The standard InChI is InChI=1S/C11H18N2O/c1-4-12-11(13-9(2)3)10-5-7-14-8-6-10/h5H,4,6-8H2,1-3H3. The zero-order valence-electron chi connectivity index (χ0n) is 9.21. The predicted molar refractivity (Wildman–Crippen MR) is 60.3 cm³/mol. The van der Waals surface area contributed by atoms with Crippen LogP contribution in [-0.2, 0) is 4.74 Å². The first-order valence-corrected chi connectivity index (χ1v) is 5.07. The molecule has 0 amide bonds. The molecular formula is C11H18N2O. The SMILES string of the molecule is CCN=C(N=C(C)C)C1=CCOCC1. The molecule has 0 atom stereocenters. The molecule has 0 fully saturated rings. The van der Waals surface area contributed by atoms with Crippen LogP contribution in [0.15, 0.2) is 21.6 Å². The number of hydrogen-bond donors (Lipinski definition) is 0. The summed E-state index contributed by atoms with van der Waals surface area (Å²) in [5, 5.41) is 0. The maximum Gasteiger partial charge on any atom is 0.150 e. The van der Waals surface area contributed by atoms with Gasteiger partial charge < -0.3 is 4.74 Å². The highest BCUT2D eigenvalue weighted by Crippen LogP contribution is 2.11. The molecule has 3 nitrogen and oxygen atoms in total. The van der Waals surface area contributed by atoms with Gasteiger partial charge in [0.15, 0.2) is 0 Å². The minimum Gasteiger partial charge on any atom is -0.377 e. The topological polar surface area (TPSA) is 34.0 Å². The number of nitrogens with zero attached hydrogens (tertiary/aromatic N) is 2. The average Bonchev–Trinajstić information content (AvgIpc) is 2.18. The zero-order valence-corrected chi connectivity index (χ0v) is 9.21. The Labute approximate surface area is 85.6 Å². The molecule has 0 unspecified atom stereocenters. The van der Waals surface area contributed by atoms with Gasteiger partial charge in [0.25, 0.3) is 0 Å². The van der Waals surface area contributed by atoms with Gasteiger partial charge in [-0.05, 0) is 32.8 Å². The van der Waals surface area contributed by atoms with Gasteiger partial charge in [0.2, 0.25) is 0 Å². The van der Waals surface area contributed by atoms with Crippen LogP contribution in [0.3, 0.4) is 0 Å². The summed E-state index contributed by atoms with van der Waals surface area (Å²) in [6.07, 6.45) is 3.00. The van der Waals surface area contributed by atoms with E-state index in [-0.39, 0.29) is 0 Å². The number of rotatable bonds is 2. The lowest BCUT2D eigenvalue weighted by Gasteiger charge is -2.13. The van der Waals surface area contributed by atoms with E-state index in [1.54, 1.807) is 0 Å². The predicted octanol–water partition coefficient (Wildman–Crippen LogP) is 2.23. The highest BCUT2D eigenvalue weighted by molar-refractivity contribution is 6.05. The Kier molecular flexibility index (Phi) is 4.53. The van der Waals surface area contributed by atoms with E-state index >= 15 is 0 Å². The highest BCUT2D eigenvalue weighted by atomic mass is 16.5. The third kappa shape index (κ3) is 3.42. The van der Waals surface area contributed by atoms with Crippen molar-refractivity contribution in [3.8, 4) is 0 Å². The fourth-order valence-electron chi connectivity index (χ4n) is 1.30. The number of amidine groups is 1. The zero-order chi connectivity index (χ0) is 10.4. The van der Waals surface area contributed by atoms with E-state index in [9.17, 15) is 0 Å². The lowest BCUT2D eigenvalue weighted by atomic mass is 10.1. The summed E-state index contributed by atoms with van der Waals surface area (Å²) in [6.45, 7) is 8.27. The van der Waals surface area contributed by atoms with Gasteiger partial charge in [-0.2, -0.15) is 0 Å². The molecule has 0 radical (unpaired) electrons. The van der Waals surface area contributed by atoms with Crippen LogP contribution in [0.4, 0.5) is 0 Å². The van der Waals surface area contributed by atoms with Crippen molar-refractivity contribution < 1.29 is 4.74 Å².